The SMILES string of the molecule is O=C1c2cccc3cccc(c23)N1C[C@@H]1CCCCO1. The van der Waals surface area contributed by atoms with E-state index in [9.17, 15) is 4.79 Å². The van der Waals surface area contributed by atoms with Gasteiger partial charge in [-0.1, -0.05) is 24.3 Å². The summed E-state index contributed by atoms with van der Waals surface area (Å²) in [5, 5.41) is 2.23. The maximum Gasteiger partial charge on any atom is 0.259 e. The van der Waals surface area contributed by atoms with Gasteiger partial charge in [-0.3, -0.25) is 4.79 Å². The molecule has 2 heterocycles. The second kappa shape index (κ2) is 4.60. The maximum absolute atomic E-state index is 12.6. The average molecular weight is 267 g/mol. The van der Waals surface area contributed by atoms with Crippen LogP contribution in [0.4, 0.5) is 5.69 Å². The molecule has 0 radical (unpaired) electrons. The van der Waals surface area contributed by atoms with Gasteiger partial charge in [-0.25, -0.2) is 0 Å². The first-order valence-corrected chi connectivity index (χ1v) is 7.30. The Balaban J connectivity index is 1.73. The molecule has 0 aliphatic carbocycles. The van der Waals surface area contributed by atoms with Crippen LogP contribution in [-0.2, 0) is 4.74 Å². The van der Waals surface area contributed by atoms with Crippen LogP contribution in [-0.4, -0.2) is 25.2 Å². The highest BCUT2D eigenvalue weighted by atomic mass is 16.5. The highest BCUT2D eigenvalue weighted by Gasteiger charge is 2.31. The molecule has 2 aliphatic heterocycles. The number of hydrogen-bond acceptors (Lipinski definition) is 2. The third-order valence-corrected chi connectivity index (χ3v) is 4.31. The lowest BCUT2D eigenvalue weighted by Gasteiger charge is -2.27. The number of nitrogens with zero attached hydrogens (tertiary/aromatic N) is 1. The van der Waals surface area contributed by atoms with Crippen molar-refractivity contribution >= 4 is 22.4 Å². The van der Waals surface area contributed by atoms with Crippen LogP contribution < -0.4 is 4.90 Å². The number of amides is 1. The molecule has 1 saturated heterocycles. The van der Waals surface area contributed by atoms with Gasteiger partial charge in [0, 0.05) is 17.6 Å². The molecule has 2 aliphatic rings. The summed E-state index contributed by atoms with van der Waals surface area (Å²) in [6.07, 6.45) is 3.57. The fourth-order valence-corrected chi connectivity index (χ4v) is 3.32. The highest BCUT2D eigenvalue weighted by Crippen LogP contribution is 2.37. The first kappa shape index (κ1) is 11.9. The van der Waals surface area contributed by atoms with Crippen molar-refractivity contribution in [3.05, 3.63) is 42.0 Å². The molecule has 1 amide bonds. The van der Waals surface area contributed by atoms with Crippen LogP contribution in [0, 0.1) is 0 Å². The van der Waals surface area contributed by atoms with E-state index < -0.39 is 0 Å². The zero-order chi connectivity index (χ0) is 13.5. The van der Waals surface area contributed by atoms with Gasteiger partial charge in [0.05, 0.1) is 18.3 Å². The second-order valence-electron chi connectivity index (χ2n) is 5.59. The van der Waals surface area contributed by atoms with Crippen molar-refractivity contribution in [3.8, 4) is 0 Å². The summed E-state index contributed by atoms with van der Waals surface area (Å²) < 4.78 is 5.79. The zero-order valence-electron chi connectivity index (χ0n) is 11.3. The topological polar surface area (TPSA) is 29.5 Å². The molecule has 0 unspecified atom stereocenters. The number of hydrogen-bond donors (Lipinski definition) is 0. The third-order valence-electron chi connectivity index (χ3n) is 4.31. The van der Waals surface area contributed by atoms with E-state index in [1.54, 1.807) is 0 Å². The smallest absolute Gasteiger partial charge is 0.259 e. The number of rotatable bonds is 2. The molecule has 4 rings (SSSR count). The van der Waals surface area contributed by atoms with Crippen molar-refractivity contribution in [2.75, 3.05) is 18.1 Å². The summed E-state index contributed by atoms with van der Waals surface area (Å²) in [7, 11) is 0. The molecule has 0 N–H and O–H groups in total. The molecule has 3 heteroatoms. The van der Waals surface area contributed by atoms with Crippen LogP contribution in [0.3, 0.4) is 0 Å². The molecule has 0 saturated carbocycles. The predicted molar refractivity (Wildman–Crippen MR) is 79.2 cm³/mol. The Morgan fingerprint density at radius 1 is 1.15 bits per heavy atom. The van der Waals surface area contributed by atoms with Crippen molar-refractivity contribution in [2.24, 2.45) is 0 Å². The largest absolute Gasteiger partial charge is 0.376 e. The van der Waals surface area contributed by atoms with Gasteiger partial charge in [0.15, 0.2) is 0 Å². The lowest BCUT2D eigenvalue weighted by Crippen LogP contribution is -2.37. The lowest BCUT2D eigenvalue weighted by molar-refractivity contribution is 0.0209. The minimum absolute atomic E-state index is 0.117. The monoisotopic (exact) mass is 267 g/mol. The van der Waals surface area contributed by atoms with Crippen molar-refractivity contribution < 1.29 is 9.53 Å². The molecular formula is C17H17NO2. The van der Waals surface area contributed by atoms with Crippen LogP contribution in [0.5, 0.6) is 0 Å². The minimum Gasteiger partial charge on any atom is -0.376 e. The Bertz CT molecular complexity index is 668. The van der Waals surface area contributed by atoms with E-state index in [0.29, 0.717) is 6.54 Å². The molecular weight excluding hydrogens is 250 g/mol. The average Bonchev–Trinajstić information content (AvgIpc) is 2.77. The molecule has 0 aromatic heterocycles. The van der Waals surface area contributed by atoms with Gasteiger partial charge in [-0.2, -0.15) is 0 Å². The number of carbonyl (C=O) groups excluding carboxylic acids is 1. The Morgan fingerprint density at radius 2 is 2.00 bits per heavy atom. The van der Waals surface area contributed by atoms with E-state index in [1.807, 2.05) is 29.2 Å². The summed E-state index contributed by atoms with van der Waals surface area (Å²) in [5.74, 6) is 0.117. The van der Waals surface area contributed by atoms with Crippen molar-refractivity contribution in [2.45, 2.75) is 25.4 Å². The van der Waals surface area contributed by atoms with Crippen LogP contribution in [0.15, 0.2) is 36.4 Å². The molecule has 0 bridgehead atoms. The zero-order valence-corrected chi connectivity index (χ0v) is 11.3. The highest BCUT2D eigenvalue weighted by molar-refractivity contribution is 6.25. The van der Waals surface area contributed by atoms with Gasteiger partial charge in [0.25, 0.3) is 5.91 Å². The Labute approximate surface area is 118 Å². The minimum atomic E-state index is 0.117. The Kier molecular flexibility index (Phi) is 2.74. The summed E-state index contributed by atoms with van der Waals surface area (Å²) in [4.78, 5) is 14.5. The molecule has 0 spiro atoms. The lowest BCUT2D eigenvalue weighted by atomic mass is 10.1. The standard InChI is InChI=1S/C17H17NO2/c19-17-14-8-3-5-12-6-4-9-15(16(12)14)18(17)11-13-7-1-2-10-20-13/h3-6,8-9,13H,1-2,7,10-11H2/t13-/m0/s1. The molecule has 102 valence electrons. The van der Waals surface area contributed by atoms with Crippen molar-refractivity contribution in [3.63, 3.8) is 0 Å². The Morgan fingerprint density at radius 3 is 2.80 bits per heavy atom. The van der Waals surface area contributed by atoms with Crippen LogP contribution in [0.2, 0.25) is 0 Å². The van der Waals surface area contributed by atoms with Gasteiger partial charge in [0.1, 0.15) is 0 Å². The van der Waals surface area contributed by atoms with Crippen molar-refractivity contribution in [1.82, 2.24) is 0 Å². The van der Waals surface area contributed by atoms with Crippen LogP contribution in [0.25, 0.3) is 10.8 Å². The third kappa shape index (κ3) is 1.74. The summed E-state index contributed by atoms with van der Waals surface area (Å²) in [6.45, 7) is 1.50. The second-order valence-corrected chi connectivity index (χ2v) is 5.59. The van der Waals surface area contributed by atoms with E-state index >= 15 is 0 Å². The fourth-order valence-electron chi connectivity index (χ4n) is 3.32. The first-order valence-electron chi connectivity index (χ1n) is 7.30. The quantitative estimate of drug-likeness (QED) is 0.835. The van der Waals surface area contributed by atoms with E-state index in [0.717, 1.165) is 41.5 Å². The van der Waals surface area contributed by atoms with Gasteiger partial charge in [0.2, 0.25) is 0 Å². The van der Waals surface area contributed by atoms with Gasteiger partial charge in [-0.05, 0) is 36.8 Å². The number of anilines is 1. The van der Waals surface area contributed by atoms with E-state index in [4.69, 9.17) is 4.74 Å². The molecule has 1 fully saturated rings. The van der Waals surface area contributed by atoms with E-state index in [2.05, 4.69) is 12.1 Å². The summed E-state index contributed by atoms with van der Waals surface area (Å²) in [6, 6.07) is 12.1. The van der Waals surface area contributed by atoms with E-state index in [-0.39, 0.29) is 12.0 Å². The Hall–Kier alpha value is -1.87. The van der Waals surface area contributed by atoms with E-state index in [1.165, 1.54) is 6.42 Å². The van der Waals surface area contributed by atoms with Gasteiger partial charge in [-0.15, -0.1) is 0 Å². The molecule has 2 aromatic rings. The van der Waals surface area contributed by atoms with Crippen LogP contribution in [0.1, 0.15) is 29.6 Å². The molecule has 3 nitrogen and oxygen atoms in total. The summed E-state index contributed by atoms with van der Waals surface area (Å²) >= 11 is 0. The van der Waals surface area contributed by atoms with Gasteiger partial charge >= 0.3 is 0 Å². The number of ether oxygens (including phenoxy) is 1. The number of benzene rings is 2. The maximum atomic E-state index is 12.6. The molecule has 2 aromatic carbocycles. The van der Waals surface area contributed by atoms with Crippen LogP contribution >= 0.6 is 0 Å². The number of carbonyl (C=O) groups is 1. The summed E-state index contributed by atoms with van der Waals surface area (Å²) in [5.41, 5.74) is 1.87. The van der Waals surface area contributed by atoms with Gasteiger partial charge < -0.3 is 9.64 Å². The normalized spacial score (nSPS) is 21.7. The van der Waals surface area contributed by atoms with Crippen molar-refractivity contribution in [1.29, 1.82) is 0 Å². The predicted octanol–water partition coefficient (Wildman–Crippen LogP) is 3.37. The molecule has 20 heavy (non-hydrogen) atoms. The molecule has 1 atom stereocenters. The first-order chi connectivity index (χ1) is 9.84. The fraction of sp³-hybridized carbons (Fsp3) is 0.353.